The molecule has 0 aliphatic carbocycles. The van der Waals surface area contributed by atoms with E-state index in [1.165, 1.54) is 16.7 Å². The van der Waals surface area contributed by atoms with E-state index in [1.807, 2.05) is 18.3 Å². The SMILES string of the molecule is Cc1cc(C)c(-c2[nH]nc(N)c2-c2cccnc2)c(C)c1. The Labute approximate surface area is 124 Å². The molecule has 3 aromatic rings. The molecule has 0 bridgehead atoms. The number of anilines is 1. The quantitative estimate of drug-likeness (QED) is 0.752. The van der Waals surface area contributed by atoms with Crippen LogP contribution < -0.4 is 5.73 Å². The molecule has 0 aliphatic heterocycles. The smallest absolute Gasteiger partial charge is 0.153 e. The van der Waals surface area contributed by atoms with Gasteiger partial charge in [0.2, 0.25) is 0 Å². The zero-order valence-electron chi connectivity index (χ0n) is 12.4. The molecule has 0 radical (unpaired) electrons. The molecule has 0 saturated heterocycles. The summed E-state index contributed by atoms with van der Waals surface area (Å²) < 4.78 is 0. The van der Waals surface area contributed by atoms with Gasteiger partial charge in [-0.05, 0) is 38.0 Å². The first kappa shape index (κ1) is 13.4. The number of benzene rings is 1. The predicted molar refractivity (Wildman–Crippen MR) is 85.9 cm³/mol. The molecule has 0 fully saturated rings. The summed E-state index contributed by atoms with van der Waals surface area (Å²) in [5.74, 6) is 0.498. The number of aryl methyl sites for hydroxylation is 3. The van der Waals surface area contributed by atoms with E-state index < -0.39 is 0 Å². The fourth-order valence-corrected chi connectivity index (χ4v) is 2.91. The molecule has 3 N–H and O–H groups in total. The molecule has 3 rings (SSSR count). The van der Waals surface area contributed by atoms with Crippen LogP contribution in [0, 0.1) is 20.8 Å². The fourth-order valence-electron chi connectivity index (χ4n) is 2.91. The minimum atomic E-state index is 0.498. The van der Waals surface area contributed by atoms with Crippen molar-refractivity contribution in [2.75, 3.05) is 5.73 Å². The normalized spacial score (nSPS) is 10.8. The zero-order chi connectivity index (χ0) is 15.0. The van der Waals surface area contributed by atoms with Crippen molar-refractivity contribution in [3.63, 3.8) is 0 Å². The molecule has 0 atom stereocenters. The topological polar surface area (TPSA) is 67.6 Å². The molecule has 0 unspecified atom stereocenters. The molecule has 2 heterocycles. The summed E-state index contributed by atoms with van der Waals surface area (Å²) in [6.45, 7) is 6.33. The van der Waals surface area contributed by atoms with Gasteiger partial charge in [-0.15, -0.1) is 0 Å². The van der Waals surface area contributed by atoms with Crippen molar-refractivity contribution in [3.8, 4) is 22.4 Å². The third-order valence-electron chi connectivity index (χ3n) is 3.67. The van der Waals surface area contributed by atoms with E-state index in [0.717, 1.165) is 22.4 Å². The largest absolute Gasteiger partial charge is 0.382 e. The van der Waals surface area contributed by atoms with Gasteiger partial charge in [-0.25, -0.2) is 0 Å². The van der Waals surface area contributed by atoms with Gasteiger partial charge in [-0.3, -0.25) is 10.1 Å². The number of nitrogens with one attached hydrogen (secondary N) is 1. The Balaban J connectivity index is 2.27. The zero-order valence-corrected chi connectivity index (χ0v) is 12.4. The van der Waals surface area contributed by atoms with E-state index >= 15 is 0 Å². The Morgan fingerprint density at radius 2 is 1.76 bits per heavy atom. The first-order valence-corrected chi connectivity index (χ1v) is 6.90. The number of hydrogen-bond acceptors (Lipinski definition) is 3. The molecule has 2 aromatic heterocycles. The highest BCUT2D eigenvalue weighted by molar-refractivity contribution is 5.89. The van der Waals surface area contributed by atoms with Crippen LogP contribution in [0.4, 0.5) is 5.82 Å². The Kier molecular flexibility index (Phi) is 3.22. The van der Waals surface area contributed by atoms with E-state index in [1.54, 1.807) is 6.20 Å². The van der Waals surface area contributed by atoms with E-state index in [9.17, 15) is 0 Å². The summed E-state index contributed by atoms with van der Waals surface area (Å²) in [5, 5.41) is 7.29. The van der Waals surface area contributed by atoms with E-state index in [4.69, 9.17) is 5.73 Å². The van der Waals surface area contributed by atoms with Crippen molar-refractivity contribution in [3.05, 3.63) is 53.3 Å². The van der Waals surface area contributed by atoms with Gasteiger partial charge in [0.25, 0.3) is 0 Å². The first-order chi connectivity index (χ1) is 10.1. The highest BCUT2D eigenvalue weighted by Crippen LogP contribution is 2.37. The molecule has 106 valence electrons. The van der Waals surface area contributed by atoms with Crippen LogP contribution in [-0.4, -0.2) is 15.2 Å². The Morgan fingerprint density at radius 1 is 1.05 bits per heavy atom. The summed E-state index contributed by atoms with van der Waals surface area (Å²) in [7, 11) is 0. The second-order valence-corrected chi connectivity index (χ2v) is 5.37. The maximum atomic E-state index is 6.07. The third kappa shape index (κ3) is 2.29. The van der Waals surface area contributed by atoms with Crippen molar-refractivity contribution in [1.82, 2.24) is 15.2 Å². The van der Waals surface area contributed by atoms with Gasteiger partial charge < -0.3 is 5.73 Å². The Morgan fingerprint density at radius 3 is 2.38 bits per heavy atom. The van der Waals surface area contributed by atoms with Crippen LogP contribution in [0.1, 0.15) is 16.7 Å². The molecule has 0 spiro atoms. The molecule has 0 saturated carbocycles. The van der Waals surface area contributed by atoms with Gasteiger partial charge in [-0.2, -0.15) is 5.10 Å². The Hall–Kier alpha value is -2.62. The lowest BCUT2D eigenvalue weighted by atomic mass is 9.93. The lowest BCUT2D eigenvalue weighted by Gasteiger charge is -2.12. The number of nitrogens with two attached hydrogens (primary N) is 1. The maximum Gasteiger partial charge on any atom is 0.153 e. The van der Waals surface area contributed by atoms with Crippen molar-refractivity contribution in [1.29, 1.82) is 0 Å². The number of nitrogens with zero attached hydrogens (tertiary/aromatic N) is 2. The summed E-state index contributed by atoms with van der Waals surface area (Å²) >= 11 is 0. The molecular weight excluding hydrogens is 260 g/mol. The van der Waals surface area contributed by atoms with Crippen molar-refractivity contribution in [2.45, 2.75) is 20.8 Å². The molecule has 21 heavy (non-hydrogen) atoms. The number of nitrogen functional groups attached to an aromatic ring is 1. The monoisotopic (exact) mass is 278 g/mol. The third-order valence-corrected chi connectivity index (χ3v) is 3.67. The number of hydrogen-bond donors (Lipinski definition) is 2. The Bertz CT molecular complexity index is 765. The van der Waals surface area contributed by atoms with Crippen LogP contribution in [-0.2, 0) is 0 Å². The number of rotatable bonds is 2. The van der Waals surface area contributed by atoms with Crippen LogP contribution in [0.15, 0.2) is 36.7 Å². The summed E-state index contributed by atoms with van der Waals surface area (Å²) in [4.78, 5) is 4.18. The van der Waals surface area contributed by atoms with E-state index in [0.29, 0.717) is 5.82 Å². The van der Waals surface area contributed by atoms with Crippen molar-refractivity contribution >= 4 is 5.82 Å². The number of H-pyrrole nitrogens is 1. The van der Waals surface area contributed by atoms with Crippen molar-refractivity contribution in [2.24, 2.45) is 0 Å². The fraction of sp³-hybridized carbons (Fsp3) is 0.176. The molecular formula is C17H18N4. The standard InChI is InChI=1S/C17H18N4/c1-10-7-11(2)14(12(3)8-10)16-15(17(18)21-20-16)13-5-4-6-19-9-13/h4-9H,1-3H3,(H3,18,20,21). The second-order valence-electron chi connectivity index (χ2n) is 5.37. The summed E-state index contributed by atoms with van der Waals surface area (Å²) in [5.41, 5.74) is 13.7. The van der Waals surface area contributed by atoms with Gasteiger partial charge in [0.15, 0.2) is 5.82 Å². The number of aromatic amines is 1. The maximum absolute atomic E-state index is 6.07. The van der Waals surface area contributed by atoms with Crippen LogP contribution >= 0.6 is 0 Å². The average Bonchev–Trinajstić information content (AvgIpc) is 2.80. The van der Waals surface area contributed by atoms with Gasteiger partial charge in [-0.1, -0.05) is 23.8 Å². The number of aromatic nitrogens is 3. The van der Waals surface area contributed by atoms with E-state index in [2.05, 4.69) is 48.1 Å². The van der Waals surface area contributed by atoms with Gasteiger partial charge in [0.1, 0.15) is 0 Å². The minimum absolute atomic E-state index is 0.498. The van der Waals surface area contributed by atoms with Gasteiger partial charge in [0, 0.05) is 23.5 Å². The molecule has 1 aromatic carbocycles. The van der Waals surface area contributed by atoms with Crippen LogP contribution in [0.25, 0.3) is 22.4 Å². The van der Waals surface area contributed by atoms with Gasteiger partial charge in [0.05, 0.1) is 11.3 Å². The summed E-state index contributed by atoms with van der Waals surface area (Å²) in [6, 6.07) is 8.25. The van der Waals surface area contributed by atoms with Crippen LogP contribution in [0.3, 0.4) is 0 Å². The predicted octanol–water partition coefficient (Wildman–Crippen LogP) is 3.65. The van der Waals surface area contributed by atoms with Crippen LogP contribution in [0.5, 0.6) is 0 Å². The average molecular weight is 278 g/mol. The second kappa shape index (κ2) is 5.05. The molecule has 4 heteroatoms. The van der Waals surface area contributed by atoms with Crippen molar-refractivity contribution < 1.29 is 0 Å². The minimum Gasteiger partial charge on any atom is -0.382 e. The van der Waals surface area contributed by atoms with E-state index in [-0.39, 0.29) is 0 Å². The molecule has 0 aliphatic rings. The molecule has 4 nitrogen and oxygen atoms in total. The molecule has 0 amide bonds. The lowest BCUT2D eigenvalue weighted by molar-refractivity contribution is 1.10. The highest BCUT2D eigenvalue weighted by atomic mass is 15.2. The first-order valence-electron chi connectivity index (χ1n) is 6.90. The highest BCUT2D eigenvalue weighted by Gasteiger charge is 2.18. The lowest BCUT2D eigenvalue weighted by Crippen LogP contribution is -1.93. The number of pyridine rings is 1. The van der Waals surface area contributed by atoms with Crippen LogP contribution in [0.2, 0.25) is 0 Å². The van der Waals surface area contributed by atoms with Gasteiger partial charge >= 0.3 is 0 Å². The summed E-state index contributed by atoms with van der Waals surface area (Å²) in [6.07, 6.45) is 3.56.